The van der Waals surface area contributed by atoms with Gasteiger partial charge >= 0.3 is 0 Å². The number of hydrogen-bond donors (Lipinski definition) is 5. The van der Waals surface area contributed by atoms with E-state index < -0.39 is 47.3 Å². The Labute approximate surface area is 257 Å². The number of pyridine rings is 1. The molecule has 0 spiro atoms. The van der Waals surface area contributed by atoms with Gasteiger partial charge in [0.25, 0.3) is 5.91 Å². The zero-order valence-corrected chi connectivity index (χ0v) is 26.0. The summed E-state index contributed by atoms with van der Waals surface area (Å²) < 4.78 is 0. The van der Waals surface area contributed by atoms with Crippen LogP contribution in [0.15, 0.2) is 42.7 Å². The number of primary amides is 1. The van der Waals surface area contributed by atoms with Crippen LogP contribution in [0.2, 0.25) is 0 Å². The minimum Gasteiger partial charge on any atom is -0.366 e. The number of hydrogen-bond acceptors (Lipinski definition) is 7. The summed E-state index contributed by atoms with van der Waals surface area (Å²) in [7, 11) is 1.66. The van der Waals surface area contributed by atoms with Gasteiger partial charge in [0.15, 0.2) is 0 Å². The molecule has 12 heteroatoms. The van der Waals surface area contributed by atoms with Gasteiger partial charge in [-0.1, -0.05) is 45.0 Å². The molecule has 0 saturated carbocycles. The van der Waals surface area contributed by atoms with E-state index in [0.29, 0.717) is 0 Å². The average Bonchev–Trinajstić information content (AvgIpc) is 3.42. The highest BCUT2D eigenvalue weighted by Crippen LogP contribution is 2.31. The number of aromatic nitrogens is 1. The fourth-order valence-electron chi connectivity index (χ4n) is 5.78. The van der Waals surface area contributed by atoms with Crippen molar-refractivity contribution in [1.82, 2.24) is 31.2 Å². The summed E-state index contributed by atoms with van der Waals surface area (Å²) in [6.45, 7) is 7.30. The first-order valence-electron chi connectivity index (χ1n) is 15.0. The number of benzene rings is 1. The molecule has 1 aliphatic carbocycles. The number of likely N-dealkylation sites (N-methyl/N-ethyl adjacent to an activating group) is 1. The predicted octanol–water partition coefficient (Wildman–Crippen LogP) is 1.21. The highest BCUT2D eigenvalue weighted by Gasteiger charge is 2.46. The lowest BCUT2D eigenvalue weighted by atomic mass is 9.85. The van der Waals surface area contributed by atoms with Gasteiger partial charge < -0.3 is 31.9 Å². The smallest absolute Gasteiger partial charge is 0.253 e. The second-order valence-electron chi connectivity index (χ2n) is 12.7. The first-order valence-corrected chi connectivity index (χ1v) is 15.0. The fourth-order valence-corrected chi connectivity index (χ4v) is 5.78. The van der Waals surface area contributed by atoms with Crippen LogP contribution in [0.1, 0.15) is 84.8 Å². The van der Waals surface area contributed by atoms with Crippen molar-refractivity contribution >= 4 is 29.5 Å². The van der Waals surface area contributed by atoms with E-state index in [-0.39, 0.29) is 41.9 Å². The Morgan fingerprint density at radius 2 is 1.75 bits per heavy atom. The van der Waals surface area contributed by atoms with Crippen LogP contribution in [0, 0.1) is 5.41 Å². The average molecular weight is 606 g/mol. The van der Waals surface area contributed by atoms with Gasteiger partial charge in [-0.2, -0.15) is 0 Å². The molecule has 12 nitrogen and oxygen atoms in total. The highest BCUT2D eigenvalue weighted by atomic mass is 16.2. The molecule has 2 aromatic rings. The Balaban J connectivity index is 1.60. The third kappa shape index (κ3) is 7.42. The van der Waals surface area contributed by atoms with E-state index in [1.165, 1.54) is 28.9 Å². The van der Waals surface area contributed by atoms with Gasteiger partial charge in [-0.05, 0) is 62.3 Å². The minimum atomic E-state index is -0.928. The van der Waals surface area contributed by atoms with E-state index in [2.05, 4.69) is 32.3 Å². The van der Waals surface area contributed by atoms with Crippen molar-refractivity contribution in [2.45, 2.75) is 83.6 Å². The van der Waals surface area contributed by atoms with Crippen molar-refractivity contribution in [3.8, 4) is 0 Å². The molecule has 6 N–H and O–H groups in total. The summed E-state index contributed by atoms with van der Waals surface area (Å²) in [6.07, 6.45) is 5.39. The number of nitrogens with zero attached hydrogens (tertiary/aromatic N) is 2. The molecule has 0 radical (unpaired) electrons. The van der Waals surface area contributed by atoms with E-state index >= 15 is 0 Å². The van der Waals surface area contributed by atoms with E-state index in [1.807, 2.05) is 39.0 Å². The molecule has 0 unspecified atom stereocenters. The number of carbonyl (C=O) groups is 5. The molecule has 4 rings (SSSR count). The van der Waals surface area contributed by atoms with Gasteiger partial charge in [0, 0.05) is 25.0 Å². The van der Waals surface area contributed by atoms with Gasteiger partial charge in [-0.3, -0.25) is 29.0 Å². The molecule has 1 aromatic heterocycles. The summed E-state index contributed by atoms with van der Waals surface area (Å²) in [4.78, 5) is 71.2. The number of carbonyl (C=O) groups excluding carboxylic acids is 5. The molecule has 2 aliphatic rings. The van der Waals surface area contributed by atoms with Crippen LogP contribution in [0.4, 0.5) is 0 Å². The standard InChI is InChI=1S/C32H43N7O5/c1-18(34-5)28(41)38-26(32(2,3)4)31(44)39-17-22(36-29(42)21-13-20(27(33)40)15-35-16-21)14-25(39)30(43)37-24-12-8-10-19-9-6-7-11-23(19)24/h6-7,9,11,13,15-16,18,22,24-26,34H,8,10,12,14,17H2,1-5H3,(H2,33,40)(H,36,42)(H,37,43)(H,38,41)/t18-,22-,24+,25-,26+/m0/s1. The molecule has 5 atom stereocenters. The molecule has 1 aromatic carbocycles. The number of amides is 5. The number of aryl methyl sites for hydroxylation is 1. The number of nitrogens with two attached hydrogens (primary N) is 1. The molecule has 2 heterocycles. The van der Waals surface area contributed by atoms with Gasteiger partial charge in [-0.25, -0.2) is 0 Å². The Bertz CT molecular complexity index is 1420. The monoisotopic (exact) mass is 605 g/mol. The van der Waals surface area contributed by atoms with Crippen molar-refractivity contribution in [2.24, 2.45) is 11.1 Å². The Kier molecular flexibility index (Phi) is 10.0. The first kappa shape index (κ1) is 32.6. The fraction of sp³-hybridized carbons (Fsp3) is 0.500. The molecule has 236 valence electrons. The van der Waals surface area contributed by atoms with E-state index in [4.69, 9.17) is 5.73 Å². The molecular formula is C32H43N7O5. The summed E-state index contributed by atoms with van der Waals surface area (Å²) in [5.74, 6) is -2.30. The number of likely N-dealkylation sites (tertiary alicyclic amines) is 1. The maximum atomic E-state index is 14.2. The van der Waals surface area contributed by atoms with Crippen LogP contribution in [0.3, 0.4) is 0 Å². The van der Waals surface area contributed by atoms with Crippen LogP contribution in [-0.4, -0.2) is 77.2 Å². The summed E-state index contributed by atoms with van der Waals surface area (Å²) in [5.41, 5.74) is 7.15. The molecule has 5 amide bonds. The Morgan fingerprint density at radius 3 is 2.43 bits per heavy atom. The van der Waals surface area contributed by atoms with Gasteiger partial charge in [0.2, 0.25) is 23.6 Å². The summed E-state index contributed by atoms with van der Waals surface area (Å²) in [5, 5.41) is 11.8. The molecule has 1 saturated heterocycles. The van der Waals surface area contributed by atoms with Crippen molar-refractivity contribution in [3.63, 3.8) is 0 Å². The molecule has 1 fully saturated rings. The predicted molar refractivity (Wildman–Crippen MR) is 164 cm³/mol. The van der Waals surface area contributed by atoms with Crippen molar-refractivity contribution in [1.29, 1.82) is 0 Å². The molecule has 44 heavy (non-hydrogen) atoms. The Morgan fingerprint density at radius 1 is 1.05 bits per heavy atom. The maximum absolute atomic E-state index is 14.2. The van der Waals surface area contributed by atoms with Crippen LogP contribution in [0.25, 0.3) is 0 Å². The van der Waals surface area contributed by atoms with Crippen LogP contribution >= 0.6 is 0 Å². The number of nitrogens with one attached hydrogen (secondary N) is 4. The third-order valence-electron chi connectivity index (χ3n) is 8.42. The largest absolute Gasteiger partial charge is 0.366 e. The number of fused-ring (bicyclic) bond motifs is 1. The van der Waals surface area contributed by atoms with Gasteiger partial charge in [-0.15, -0.1) is 0 Å². The normalized spacial score (nSPS) is 21.0. The second kappa shape index (κ2) is 13.5. The van der Waals surface area contributed by atoms with Crippen LogP contribution in [0.5, 0.6) is 0 Å². The van der Waals surface area contributed by atoms with Crippen molar-refractivity contribution < 1.29 is 24.0 Å². The van der Waals surface area contributed by atoms with E-state index in [9.17, 15) is 24.0 Å². The number of rotatable bonds is 9. The SMILES string of the molecule is CN[C@@H](C)C(=O)N[C@H](C(=O)N1C[C@@H](NC(=O)c2cncc(C(N)=O)c2)C[C@H]1C(=O)N[C@@H]1CCCc2ccccc21)C(C)(C)C. The highest BCUT2D eigenvalue weighted by molar-refractivity contribution is 5.99. The summed E-state index contributed by atoms with van der Waals surface area (Å²) in [6, 6.07) is 6.24. The zero-order valence-electron chi connectivity index (χ0n) is 26.0. The topological polar surface area (TPSA) is 176 Å². The van der Waals surface area contributed by atoms with Gasteiger partial charge in [0.05, 0.1) is 23.2 Å². The quantitative estimate of drug-likeness (QED) is 0.285. The maximum Gasteiger partial charge on any atom is 0.253 e. The van der Waals surface area contributed by atoms with Crippen molar-refractivity contribution in [2.75, 3.05) is 13.6 Å². The van der Waals surface area contributed by atoms with Crippen LogP contribution in [-0.2, 0) is 20.8 Å². The van der Waals surface area contributed by atoms with Gasteiger partial charge in [0.1, 0.15) is 12.1 Å². The lowest BCUT2D eigenvalue weighted by Gasteiger charge is -2.36. The molecule has 0 bridgehead atoms. The van der Waals surface area contributed by atoms with E-state index in [0.717, 1.165) is 24.8 Å². The zero-order chi connectivity index (χ0) is 32.2. The van der Waals surface area contributed by atoms with Crippen molar-refractivity contribution in [3.05, 3.63) is 65.0 Å². The third-order valence-corrected chi connectivity index (χ3v) is 8.42. The minimum absolute atomic E-state index is 0.0525. The first-order chi connectivity index (χ1) is 20.8. The lowest BCUT2D eigenvalue weighted by molar-refractivity contribution is -0.144. The second-order valence-corrected chi connectivity index (χ2v) is 12.7. The molecular weight excluding hydrogens is 562 g/mol. The van der Waals surface area contributed by atoms with Crippen LogP contribution < -0.4 is 27.0 Å². The molecule has 1 aliphatic heterocycles. The summed E-state index contributed by atoms with van der Waals surface area (Å²) >= 11 is 0. The Hall–Kier alpha value is -4.32. The van der Waals surface area contributed by atoms with E-state index in [1.54, 1.807) is 14.0 Å². The lowest BCUT2D eigenvalue weighted by Crippen LogP contribution is -2.59.